The van der Waals surface area contributed by atoms with Gasteiger partial charge in [-0.15, -0.1) is 12.4 Å². The maximum absolute atomic E-state index is 13.5. The average Bonchev–Trinajstić information content (AvgIpc) is 3.04. The summed E-state index contributed by atoms with van der Waals surface area (Å²) in [5.74, 6) is -0.842. The minimum atomic E-state index is -4.75. The number of rotatable bonds is 8. The van der Waals surface area contributed by atoms with E-state index in [9.17, 15) is 18.0 Å². The van der Waals surface area contributed by atoms with E-state index in [-0.39, 0.29) is 24.6 Å². The lowest BCUT2D eigenvalue weighted by Gasteiger charge is -2.13. The zero-order chi connectivity index (χ0) is 19.2. The van der Waals surface area contributed by atoms with Gasteiger partial charge in [0.1, 0.15) is 0 Å². The second kappa shape index (κ2) is 10.5. The number of ether oxygens (including phenoxy) is 1. The van der Waals surface area contributed by atoms with Crippen molar-refractivity contribution in [3.05, 3.63) is 46.7 Å². The molecule has 0 bridgehead atoms. The van der Waals surface area contributed by atoms with Gasteiger partial charge in [-0.1, -0.05) is 11.6 Å². The monoisotopic (exact) mass is 426 g/mol. The van der Waals surface area contributed by atoms with Crippen LogP contribution < -0.4 is 10.6 Å². The van der Waals surface area contributed by atoms with Gasteiger partial charge in [0.25, 0.3) is 5.91 Å². The molecular weight excluding hydrogens is 408 g/mol. The van der Waals surface area contributed by atoms with Crippen molar-refractivity contribution in [2.45, 2.75) is 6.18 Å². The van der Waals surface area contributed by atoms with Gasteiger partial charge in [-0.05, 0) is 24.3 Å². The van der Waals surface area contributed by atoms with E-state index in [0.717, 1.165) is 6.20 Å². The van der Waals surface area contributed by atoms with Gasteiger partial charge >= 0.3 is 6.18 Å². The molecule has 1 aromatic heterocycles. The number of benzene rings is 1. The summed E-state index contributed by atoms with van der Waals surface area (Å²) >= 11 is 5.76. The molecule has 150 valence electrons. The Hall–Kier alpha value is -1.81. The molecule has 0 fully saturated rings. The standard InChI is InChI=1S/C16H18ClF3N4O2.ClH/c1-26-9-8-21-6-7-22-15(25)13-10-23-24(14(13)16(18,19)20)12-4-2-11(17)3-5-12;/h2-5,10,21H,6-9H2,1H3,(H,22,25);1H. The second-order valence-electron chi connectivity index (χ2n) is 5.29. The topological polar surface area (TPSA) is 68.2 Å². The van der Waals surface area contributed by atoms with Gasteiger partial charge in [0.05, 0.1) is 24.1 Å². The number of alkyl halides is 3. The summed E-state index contributed by atoms with van der Waals surface area (Å²) in [7, 11) is 1.56. The van der Waals surface area contributed by atoms with Crippen molar-refractivity contribution in [1.82, 2.24) is 20.4 Å². The van der Waals surface area contributed by atoms with Crippen molar-refractivity contribution in [2.75, 3.05) is 33.4 Å². The average molecular weight is 427 g/mol. The lowest BCUT2D eigenvalue weighted by Crippen LogP contribution is -2.34. The summed E-state index contributed by atoms with van der Waals surface area (Å²) in [6, 6.07) is 5.69. The smallest absolute Gasteiger partial charge is 0.383 e. The van der Waals surface area contributed by atoms with Crippen molar-refractivity contribution < 1.29 is 22.7 Å². The summed E-state index contributed by atoms with van der Waals surface area (Å²) < 4.78 is 46.0. The minimum absolute atomic E-state index is 0. The van der Waals surface area contributed by atoms with E-state index in [2.05, 4.69) is 15.7 Å². The first-order valence-electron chi connectivity index (χ1n) is 7.73. The Kier molecular flexibility index (Phi) is 9.04. The number of hydrogen-bond donors (Lipinski definition) is 2. The Morgan fingerprint density at radius 2 is 1.89 bits per heavy atom. The van der Waals surface area contributed by atoms with Crippen LogP contribution in [0.4, 0.5) is 13.2 Å². The number of nitrogens with one attached hydrogen (secondary N) is 2. The Morgan fingerprint density at radius 1 is 1.22 bits per heavy atom. The van der Waals surface area contributed by atoms with Crippen molar-refractivity contribution in [3.8, 4) is 5.69 Å². The Balaban J connectivity index is 0.00000364. The van der Waals surface area contributed by atoms with Crippen LogP contribution >= 0.6 is 24.0 Å². The van der Waals surface area contributed by atoms with E-state index < -0.39 is 23.3 Å². The van der Waals surface area contributed by atoms with Crippen LogP contribution in [0.1, 0.15) is 16.1 Å². The Labute approximate surface area is 165 Å². The highest BCUT2D eigenvalue weighted by Gasteiger charge is 2.40. The highest BCUT2D eigenvalue weighted by Crippen LogP contribution is 2.33. The molecule has 2 rings (SSSR count). The van der Waals surface area contributed by atoms with Gasteiger partial charge in [-0.2, -0.15) is 18.3 Å². The van der Waals surface area contributed by atoms with Gasteiger partial charge in [-0.3, -0.25) is 4.79 Å². The van der Waals surface area contributed by atoms with Crippen molar-refractivity contribution >= 4 is 29.9 Å². The maximum atomic E-state index is 13.5. The molecule has 1 amide bonds. The number of aromatic nitrogens is 2. The molecule has 1 heterocycles. The third kappa shape index (κ3) is 6.39. The fourth-order valence-corrected chi connectivity index (χ4v) is 2.35. The zero-order valence-electron chi connectivity index (χ0n) is 14.3. The molecule has 0 aliphatic rings. The molecule has 0 spiro atoms. The summed E-state index contributed by atoms with van der Waals surface area (Å²) in [6.07, 6.45) is -3.84. The number of halogens is 5. The number of carbonyl (C=O) groups is 1. The first-order valence-corrected chi connectivity index (χ1v) is 8.11. The Morgan fingerprint density at radius 3 is 2.48 bits per heavy atom. The summed E-state index contributed by atoms with van der Waals surface area (Å²) in [6.45, 7) is 1.66. The van der Waals surface area contributed by atoms with Crippen LogP contribution in [-0.2, 0) is 10.9 Å². The maximum Gasteiger partial charge on any atom is 0.434 e. The highest BCUT2D eigenvalue weighted by atomic mass is 35.5. The first kappa shape index (κ1) is 23.2. The Bertz CT molecular complexity index is 736. The summed E-state index contributed by atoms with van der Waals surface area (Å²) in [5, 5.41) is 9.54. The van der Waals surface area contributed by atoms with Gasteiger partial charge in [0.2, 0.25) is 0 Å². The normalized spacial score (nSPS) is 11.1. The lowest BCUT2D eigenvalue weighted by atomic mass is 10.2. The lowest BCUT2D eigenvalue weighted by molar-refractivity contribution is -0.143. The van der Waals surface area contributed by atoms with Gasteiger partial charge in [-0.25, -0.2) is 4.68 Å². The highest BCUT2D eigenvalue weighted by molar-refractivity contribution is 6.30. The van der Waals surface area contributed by atoms with Crippen LogP contribution in [0.15, 0.2) is 30.5 Å². The molecule has 27 heavy (non-hydrogen) atoms. The number of amides is 1. The predicted molar refractivity (Wildman–Crippen MR) is 97.9 cm³/mol. The SMILES string of the molecule is COCCNCCNC(=O)c1cnn(-c2ccc(Cl)cc2)c1C(F)(F)F.Cl. The molecule has 11 heteroatoms. The molecular formula is C16H19Cl2F3N4O2. The van der Waals surface area contributed by atoms with Gasteiger partial charge < -0.3 is 15.4 Å². The summed E-state index contributed by atoms with van der Waals surface area (Å²) in [4.78, 5) is 12.2. The molecule has 0 saturated carbocycles. The van der Waals surface area contributed by atoms with Crippen LogP contribution in [0.25, 0.3) is 5.69 Å². The van der Waals surface area contributed by atoms with Gasteiger partial charge in [0, 0.05) is 31.8 Å². The number of carbonyl (C=O) groups excluding carboxylic acids is 1. The molecule has 0 radical (unpaired) electrons. The molecule has 2 N–H and O–H groups in total. The van der Waals surface area contributed by atoms with Gasteiger partial charge in [0.15, 0.2) is 5.69 Å². The van der Waals surface area contributed by atoms with Crippen molar-refractivity contribution in [2.24, 2.45) is 0 Å². The summed E-state index contributed by atoms with van der Waals surface area (Å²) in [5.41, 5.74) is -1.52. The molecule has 0 unspecified atom stereocenters. The van der Waals surface area contributed by atoms with Crippen molar-refractivity contribution in [3.63, 3.8) is 0 Å². The van der Waals surface area contributed by atoms with Crippen LogP contribution in [0, 0.1) is 0 Å². The number of nitrogens with zero attached hydrogens (tertiary/aromatic N) is 2. The third-order valence-electron chi connectivity index (χ3n) is 3.42. The van der Waals surface area contributed by atoms with E-state index in [1.54, 1.807) is 7.11 Å². The largest absolute Gasteiger partial charge is 0.434 e. The first-order chi connectivity index (χ1) is 12.3. The number of hydrogen-bond acceptors (Lipinski definition) is 4. The predicted octanol–water partition coefficient (Wildman–Crippen LogP) is 2.93. The molecule has 2 aromatic rings. The van der Waals surface area contributed by atoms with E-state index in [1.165, 1.54) is 24.3 Å². The number of methoxy groups -OCH3 is 1. The minimum Gasteiger partial charge on any atom is -0.383 e. The molecule has 0 aliphatic carbocycles. The van der Waals surface area contributed by atoms with E-state index >= 15 is 0 Å². The van der Waals surface area contributed by atoms with Crippen LogP contribution in [0.2, 0.25) is 5.02 Å². The molecule has 0 atom stereocenters. The molecule has 0 aliphatic heterocycles. The fraction of sp³-hybridized carbons (Fsp3) is 0.375. The zero-order valence-corrected chi connectivity index (χ0v) is 15.9. The van der Waals surface area contributed by atoms with E-state index in [4.69, 9.17) is 16.3 Å². The molecule has 0 saturated heterocycles. The fourth-order valence-electron chi connectivity index (χ4n) is 2.22. The van der Waals surface area contributed by atoms with E-state index in [1.807, 2.05) is 0 Å². The van der Waals surface area contributed by atoms with Crippen LogP contribution in [0.5, 0.6) is 0 Å². The molecule has 1 aromatic carbocycles. The van der Waals surface area contributed by atoms with E-state index in [0.29, 0.717) is 29.4 Å². The quantitative estimate of drug-likeness (QED) is 0.636. The second-order valence-corrected chi connectivity index (χ2v) is 5.73. The van der Waals surface area contributed by atoms with Crippen molar-refractivity contribution in [1.29, 1.82) is 0 Å². The van der Waals surface area contributed by atoms with Crippen LogP contribution in [-0.4, -0.2) is 49.0 Å². The molecule has 6 nitrogen and oxygen atoms in total. The third-order valence-corrected chi connectivity index (χ3v) is 3.68. The van der Waals surface area contributed by atoms with Crippen LogP contribution in [0.3, 0.4) is 0 Å².